The Morgan fingerprint density at radius 2 is 2.00 bits per heavy atom. The van der Waals surface area contributed by atoms with E-state index in [1.807, 2.05) is 0 Å². The van der Waals surface area contributed by atoms with Gasteiger partial charge in [-0.3, -0.25) is 4.79 Å². The van der Waals surface area contributed by atoms with Gasteiger partial charge in [-0.25, -0.2) is 4.39 Å². The lowest BCUT2D eigenvalue weighted by atomic mass is 10.2. The smallest absolute Gasteiger partial charge is 0.262 e. The van der Waals surface area contributed by atoms with Crippen LogP contribution >= 0.6 is 0 Å². The molecule has 0 spiro atoms. The van der Waals surface area contributed by atoms with Gasteiger partial charge < -0.3 is 14.8 Å². The number of amides is 1. The van der Waals surface area contributed by atoms with Crippen molar-refractivity contribution < 1.29 is 18.7 Å². The number of aryl methyl sites for hydroxylation is 1. The lowest BCUT2D eigenvalue weighted by Crippen LogP contribution is -2.20. The Kier molecular flexibility index (Phi) is 4.77. The Morgan fingerprint density at radius 1 is 1.19 bits per heavy atom. The van der Waals surface area contributed by atoms with Crippen molar-refractivity contribution in [2.24, 2.45) is 0 Å². The molecule has 1 N–H and O–H groups in total. The number of nitrogens with one attached hydrogen (secondary N) is 1. The Hall–Kier alpha value is -2.56. The number of methoxy groups -OCH3 is 1. The standard InChI is InChI=1S/C16H16FNO3/c1-11-6-7-14(9-15(11)17)21-10-16(19)18-12-4-3-5-13(8-12)20-2/h3-9H,10H2,1-2H3,(H,18,19). The molecule has 0 saturated heterocycles. The molecule has 0 bridgehead atoms. The lowest BCUT2D eigenvalue weighted by Gasteiger charge is -2.09. The molecule has 2 rings (SSSR count). The fourth-order valence-electron chi connectivity index (χ4n) is 1.71. The van der Waals surface area contributed by atoms with Gasteiger partial charge in [-0.15, -0.1) is 0 Å². The Morgan fingerprint density at radius 3 is 2.71 bits per heavy atom. The Bertz CT molecular complexity index is 643. The summed E-state index contributed by atoms with van der Waals surface area (Å²) in [6.07, 6.45) is 0. The molecule has 5 heteroatoms. The topological polar surface area (TPSA) is 47.6 Å². The number of halogens is 1. The summed E-state index contributed by atoms with van der Waals surface area (Å²) in [6.45, 7) is 1.47. The lowest BCUT2D eigenvalue weighted by molar-refractivity contribution is -0.118. The third-order valence-electron chi connectivity index (χ3n) is 2.87. The van der Waals surface area contributed by atoms with Crippen molar-refractivity contribution in [1.82, 2.24) is 0 Å². The minimum atomic E-state index is -0.360. The van der Waals surface area contributed by atoms with Crippen LogP contribution in [0, 0.1) is 12.7 Å². The van der Waals surface area contributed by atoms with E-state index in [0.717, 1.165) is 0 Å². The number of rotatable bonds is 5. The van der Waals surface area contributed by atoms with Gasteiger partial charge in [-0.1, -0.05) is 12.1 Å². The van der Waals surface area contributed by atoms with Crippen LogP contribution in [0.3, 0.4) is 0 Å². The first-order valence-electron chi connectivity index (χ1n) is 6.41. The molecule has 0 aliphatic rings. The predicted molar refractivity (Wildman–Crippen MR) is 78.3 cm³/mol. The zero-order valence-electron chi connectivity index (χ0n) is 11.9. The van der Waals surface area contributed by atoms with Crippen LogP contribution in [0.4, 0.5) is 10.1 Å². The van der Waals surface area contributed by atoms with E-state index in [1.54, 1.807) is 50.4 Å². The average Bonchev–Trinajstić information content (AvgIpc) is 2.48. The summed E-state index contributed by atoms with van der Waals surface area (Å²) < 4.78 is 23.7. The second kappa shape index (κ2) is 6.74. The van der Waals surface area contributed by atoms with Crippen LogP contribution in [0.5, 0.6) is 11.5 Å². The highest BCUT2D eigenvalue weighted by Gasteiger charge is 2.06. The van der Waals surface area contributed by atoms with E-state index in [-0.39, 0.29) is 18.3 Å². The summed E-state index contributed by atoms with van der Waals surface area (Å²) in [5, 5.41) is 2.68. The molecule has 0 aliphatic carbocycles. The number of anilines is 1. The highest BCUT2D eigenvalue weighted by atomic mass is 19.1. The van der Waals surface area contributed by atoms with Crippen molar-refractivity contribution in [1.29, 1.82) is 0 Å². The minimum absolute atomic E-state index is 0.195. The van der Waals surface area contributed by atoms with Gasteiger partial charge in [-0.2, -0.15) is 0 Å². The molecule has 0 saturated carbocycles. The van der Waals surface area contributed by atoms with Gasteiger partial charge in [0.1, 0.15) is 17.3 Å². The Balaban J connectivity index is 1.90. The van der Waals surface area contributed by atoms with Crippen LogP contribution in [0.2, 0.25) is 0 Å². The largest absolute Gasteiger partial charge is 0.497 e. The van der Waals surface area contributed by atoms with Crippen LogP contribution in [-0.4, -0.2) is 19.6 Å². The fraction of sp³-hybridized carbons (Fsp3) is 0.188. The van der Waals surface area contributed by atoms with E-state index in [1.165, 1.54) is 6.07 Å². The average molecular weight is 289 g/mol. The van der Waals surface area contributed by atoms with Crippen molar-refractivity contribution >= 4 is 11.6 Å². The van der Waals surface area contributed by atoms with Crippen LogP contribution < -0.4 is 14.8 Å². The molecular weight excluding hydrogens is 273 g/mol. The SMILES string of the molecule is COc1cccc(NC(=O)COc2ccc(C)c(F)c2)c1. The molecule has 0 atom stereocenters. The summed E-state index contributed by atoms with van der Waals surface area (Å²) in [7, 11) is 1.55. The molecule has 0 radical (unpaired) electrons. The van der Waals surface area contributed by atoms with Gasteiger partial charge in [0.05, 0.1) is 7.11 Å². The molecule has 0 aromatic heterocycles. The van der Waals surface area contributed by atoms with Crippen LogP contribution in [0.1, 0.15) is 5.56 Å². The molecule has 0 unspecified atom stereocenters. The van der Waals surface area contributed by atoms with Gasteiger partial charge in [-0.05, 0) is 30.7 Å². The minimum Gasteiger partial charge on any atom is -0.497 e. The van der Waals surface area contributed by atoms with E-state index in [0.29, 0.717) is 22.7 Å². The first-order chi connectivity index (χ1) is 10.1. The first kappa shape index (κ1) is 14.8. The van der Waals surface area contributed by atoms with E-state index >= 15 is 0 Å². The van der Waals surface area contributed by atoms with Crippen molar-refractivity contribution in [3.63, 3.8) is 0 Å². The van der Waals surface area contributed by atoms with Gasteiger partial charge in [0.15, 0.2) is 6.61 Å². The van der Waals surface area contributed by atoms with Crippen molar-refractivity contribution in [3.8, 4) is 11.5 Å². The maximum absolute atomic E-state index is 13.3. The molecular formula is C16H16FNO3. The molecule has 4 nitrogen and oxygen atoms in total. The van der Waals surface area contributed by atoms with Crippen LogP contribution in [0.25, 0.3) is 0 Å². The molecule has 2 aromatic rings. The molecule has 2 aromatic carbocycles. The maximum atomic E-state index is 13.3. The molecule has 0 aliphatic heterocycles. The van der Waals surface area contributed by atoms with E-state index in [4.69, 9.17) is 9.47 Å². The van der Waals surface area contributed by atoms with Crippen molar-refractivity contribution in [3.05, 3.63) is 53.8 Å². The maximum Gasteiger partial charge on any atom is 0.262 e. The molecule has 0 heterocycles. The van der Waals surface area contributed by atoms with Crippen LogP contribution in [0.15, 0.2) is 42.5 Å². The first-order valence-corrected chi connectivity index (χ1v) is 6.41. The normalized spacial score (nSPS) is 10.0. The Labute approximate surface area is 122 Å². The number of carbonyl (C=O) groups is 1. The van der Waals surface area contributed by atoms with Gasteiger partial charge >= 0.3 is 0 Å². The van der Waals surface area contributed by atoms with E-state index < -0.39 is 0 Å². The third kappa shape index (κ3) is 4.21. The molecule has 110 valence electrons. The zero-order valence-corrected chi connectivity index (χ0v) is 11.9. The second-order valence-corrected chi connectivity index (χ2v) is 4.48. The molecule has 21 heavy (non-hydrogen) atoms. The zero-order chi connectivity index (χ0) is 15.2. The summed E-state index contributed by atoms with van der Waals surface area (Å²) >= 11 is 0. The summed E-state index contributed by atoms with van der Waals surface area (Å²) in [4.78, 5) is 11.8. The summed E-state index contributed by atoms with van der Waals surface area (Å²) in [6, 6.07) is 11.5. The number of hydrogen-bond donors (Lipinski definition) is 1. The number of ether oxygens (including phenoxy) is 2. The van der Waals surface area contributed by atoms with Gasteiger partial charge in [0.25, 0.3) is 5.91 Å². The van der Waals surface area contributed by atoms with E-state index in [2.05, 4.69) is 5.32 Å². The van der Waals surface area contributed by atoms with E-state index in [9.17, 15) is 9.18 Å². The van der Waals surface area contributed by atoms with Gasteiger partial charge in [0, 0.05) is 17.8 Å². The predicted octanol–water partition coefficient (Wildman–Crippen LogP) is 3.16. The second-order valence-electron chi connectivity index (χ2n) is 4.48. The highest BCUT2D eigenvalue weighted by molar-refractivity contribution is 5.92. The summed E-state index contributed by atoms with van der Waals surface area (Å²) in [5.74, 6) is 0.276. The number of hydrogen-bond acceptors (Lipinski definition) is 3. The highest BCUT2D eigenvalue weighted by Crippen LogP contribution is 2.17. The van der Waals surface area contributed by atoms with Crippen LogP contribution in [-0.2, 0) is 4.79 Å². The quantitative estimate of drug-likeness (QED) is 0.919. The monoisotopic (exact) mass is 289 g/mol. The summed E-state index contributed by atoms with van der Waals surface area (Å²) in [5.41, 5.74) is 1.14. The van der Waals surface area contributed by atoms with Gasteiger partial charge in [0.2, 0.25) is 0 Å². The fourth-order valence-corrected chi connectivity index (χ4v) is 1.71. The number of benzene rings is 2. The molecule has 0 fully saturated rings. The molecule has 1 amide bonds. The van der Waals surface area contributed by atoms with Crippen molar-refractivity contribution in [2.45, 2.75) is 6.92 Å². The third-order valence-corrected chi connectivity index (χ3v) is 2.87. The van der Waals surface area contributed by atoms with Crippen molar-refractivity contribution in [2.75, 3.05) is 19.0 Å². The number of carbonyl (C=O) groups excluding carboxylic acids is 1.